The van der Waals surface area contributed by atoms with Gasteiger partial charge in [-0.15, -0.1) is 11.3 Å². The Kier molecular flexibility index (Phi) is 2.69. The van der Waals surface area contributed by atoms with Crippen LogP contribution in [0.2, 0.25) is 0 Å². The molecule has 0 saturated carbocycles. The fourth-order valence-electron chi connectivity index (χ4n) is 2.05. The van der Waals surface area contributed by atoms with E-state index in [9.17, 15) is 4.39 Å². The maximum atomic E-state index is 13.0. The Morgan fingerprint density at radius 3 is 2.94 bits per heavy atom. The number of benzene rings is 1. The van der Waals surface area contributed by atoms with Gasteiger partial charge in [0.05, 0.1) is 0 Å². The molecule has 0 N–H and O–H groups in total. The number of aryl methyl sites for hydroxylation is 2. The van der Waals surface area contributed by atoms with Crippen LogP contribution in [0.15, 0.2) is 48.0 Å². The maximum Gasteiger partial charge on any atom is 0.123 e. The van der Waals surface area contributed by atoms with E-state index < -0.39 is 0 Å². The van der Waals surface area contributed by atoms with Gasteiger partial charge in [0.1, 0.15) is 5.82 Å². The topological polar surface area (TPSA) is 4.93 Å². The second-order valence-corrected chi connectivity index (χ2v) is 5.07. The number of hydrogen-bond acceptors (Lipinski definition) is 1. The molecule has 3 heteroatoms. The second-order valence-electron chi connectivity index (χ2n) is 4.04. The summed E-state index contributed by atoms with van der Waals surface area (Å²) < 4.78 is 15.2. The van der Waals surface area contributed by atoms with Crippen molar-refractivity contribution in [3.05, 3.63) is 58.7 Å². The fourth-order valence-corrected chi connectivity index (χ4v) is 2.75. The third-order valence-corrected chi connectivity index (χ3v) is 3.85. The summed E-state index contributed by atoms with van der Waals surface area (Å²) in [6.45, 7) is 0.940. The molecule has 1 nitrogen and oxygen atoms in total. The van der Waals surface area contributed by atoms with E-state index in [1.54, 1.807) is 17.4 Å². The number of fused-ring (bicyclic) bond motifs is 1. The van der Waals surface area contributed by atoms with Gasteiger partial charge in [-0.25, -0.2) is 4.39 Å². The quantitative estimate of drug-likeness (QED) is 0.655. The van der Waals surface area contributed by atoms with E-state index in [4.69, 9.17) is 0 Å². The first-order valence-electron chi connectivity index (χ1n) is 5.60. The largest absolute Gasteiger partial charge is 0.347 e. The fraction of sp³-hybridized carbons (Fsp3) is 0.143. The SMILES string of the molecule is Fc1ccc2c(ccn2CCc2cccs2)c1. The van der Waals surface area contributed by atoms with Crippen LogP contribution in [-0.2, 0) is 13.0 Å². The summed E-state index contributed by atoms with van der Waals surface area (Å²) in [6, 6.07) is 11.1. The molecule has 3 aromatic rings. The van der Waals surface area contributed by atoms with Crippen LogP contribution in [0.25, 0.3) is 10.9 Å². The Hall–Kier alpha value is -1.61. The predicted octanol–water partition coefficient (Wildman–Crippen LogP) is 4.08. The molecular weight excluding hydrogens is 233 g/mol. The van der Waals surface area contributed by atoms with E-state index in [1.165, 1.54) is 10.9 Å². The average Bonchev–Trinajstić information content (AvgIpc) is 2.94. The first kappa shape index (κ1) is 10.5. The molecule has 0 saturated heterocycles. The minimum atomic E-state index is -0.173. The molecule has 17 heavy (non-hydrogen) atoms. The monoisotopic (exact) mass is 245 g/mol. The highest BCUT2D eigenvalue weighted by Crippen LogP contribution is 2.18. The molecule has 0 aliphatic carbocycles. The van der Waals surface area contributed by atoms with Crippen molar-refractivity contribution in [1.82, 2.24) is 4.57 Å². The molecule has 2 aromatic heterocycles. The smallest absolute Gasteiger partial charge is 0.123 e. The molecule has 0 amide bonds. The number of hydrogen-bond donors (Lipinski definition) is 0. The second kappa shape index (κ2) is 4.34. The summed E-state index contributed by atoms with van der Waals surface area (Å²) in [4.78, 5) is 1.38. The van der Waals surface area contributed by atoms with Crippen molar-refractivity contribution in [2.45, 2.75) is 13.0 Å². The Morgan fingerprint density at radius 1 is 1.18 bits per heavy atom. The van der Waals surface area contributed by atoms with Gasteiger partial charge in [0.15, 0.2) is 0 Å². The molecule has 0 aliphatic rings. The van der Waals surface area contributed by atoms with E-state index in [0.29, 0.717) is 0 Å². The zero-order chi connectivity index (χ0) is 11.7. The van der Waals surface area contributed by atoms with Crippen molar-refractivity contribution >= 4 is 22.2 Å². The van der Waals surface area contributed by atoms with Crippen LogP contribution in [0.4, 0.5) is 4.39 Å². The van der Waals surface area contributed by atoms with E-state index in [2.05, 4.69) is 22.1 Å². The first-order valence-corrected chi connectivity index (χ1v) is 6.48. The molecule has 0 atom stereocenters. The Balaban J connectivity index is 1.86. The lowest BCUT2D eigenvalue weighted by Crippen LogP contribution is -1.98. The van der Waals surface area contributed by atoms with Gasteiger partial charge >= 0.3 is 0 Å². The van der Waals surface area contributed by atoms with E-state index in [1.807, 2.05) is 18.3 Å². The van der Waals surface area contributed by atoms with Crippen LogP contribution >= 0.6 is 11.3 Å². The molecule has 0 radical (unpaired) electrons. The first-order chi connectivity index (χ1) is 8.33. The minimum absolute atomic E-state index is 0.173. The molecule has 0 fully saturated rings. The van der Waals surface area contributed by atoms with Gasteiger partial charge in [-0.1, -0.05) is 6.07 Å². The van der Waals surface area contributed by atoms with Crippen molar-refractivity contribution in [3.8, 4) is 0 Å². The van der Waals surface area contributed by atoms with E-state index in [-0.39, 0.29) is 5.82 Å². The molecule has 1 aromatic carbocycles. The van der Waals surface area contributed by atoms with Gasteiger partial charge in [-0.2, -0.15) is 0 Å². The van der Waals surface area contributed by atoms with Gasteiger partial charge in [0, 0.05) is 28.5 Å². The number of nitrogens with zero attached hydrogens (tertiary/aromatic N) is 1. The van der Waals surface area contributed by atoms with Gasteiger partial charge in [0.2, 0.25) is 0 Å². The molecule has 86 valence electrons. The molecule has 0 unspecified atom stereocenters. The summed E-state index contributed by atoms with van der Waals surface area (Å²) in [7, 11) is 0. The van der Waals surface area contributed by atoms with Crippen molar-refractivity contribution in [2.24, 2.45) is 0 Å². The highest BCUT2D eigenvalue weighted by molar-refractivity contribution is 7.09. The summed E-state index contributed by atoms with van der Waals surface area (Å²) in [6.07, 6.45) is 3.05. The van der Waals surface area contributed by atoms with Crippen LogP contribution in [0.5, 0.6) is 0 Å². The zero-order valence-electron chi connectivity index (χ0n) is 9.27. The highest BCUT2D eigenvalue weighted by Gasteiger charge is 2.02. The Labute approximate surface area is 103 Å². The van der Waals surface area contributed by atoms with E-state index >= 15 is 0 Å². The van der Waals surface area contributed by atoms with Crippen LogP contribution < -0.4 is 0 Å². The van der Waals surface area contributed by atoms with E-state index in [0.717, 1.165) is 23.9 Å². The molecule has 0 spiro atoms. The Bertz CT molecular complexity index is 625. The number of aromatic nitrogens is 1. The summed E-state index contributed by atoms with van der Waals surface area (Å²) >= 11 is 1.78. The molecule has 2 heterocycles. The van der Waals surface area contributed by atoms with Gasteiger partial charge in [-0.05, 0) is 42.1 Å². The van der Waals surface area contributed by atoms with Crippen LogP contribution in [0.1, 0.15) is 4.88 Å². The third-order valence-electron chi connectivity index (χ3n) is 2.91. The van der Waals surface area contributed by atoms with Crippen molar-refractivity contribution in [3.63, 3.8) is 0 Å². The lowest BCUT2D eigenvalue weighted by atomic mass is 10.2. The molecular formula is C14H12FNS. The number of halogens is 1. The lowest BCUT2D eigenvalue weighted by Gasteiger charge is -2.04. The van der Waals surface area contributed by atoms with Gasteiger partial charge < -0.3 is 4.57 Å². The molecule has 0 bridgehead atoms. The predicted molar refractivity (Wildman–Crippen MR) is 69.9 cm³/mol. The van der Waals surface area contributed by atoms with Crippen LogP contribution in [0, 0.1) is 5.82 Å². The lowest BCUT2D eigenvalue weighted by molar-refractivity contribution is 0.629. The summed E-state index contributed by atoms with van der Waals surface area (Å²) in [5, 5.41) is 3.06. The molecule has 3 rings (SSSR count). The van der Waals surface area contributed by atoms with Crippen molar-refractivity contribution in [2.75, 3.05) is 0 Å². The highest BCUT2D eigenvalue weighted by atomic mass is 32.1. The zero-order valence-corrected chi connectivity index (χ0v) is 10.1. The van der Waals surface area contributed by atoms with Gasteiger partial charge in [0.25, 0.3) is 0 Å². The van der Waals surface area contributed by atoms with Crippen molar-refractivity contribution < 1.29 is 4.39 Å². The standard InChI is InChI=1S/C14H12FNS/c15-12-3-4-14-11(10-12)5-7-16(14)8-6-13-2-1-9-17-13/h1-5,7,9-10H,6,8H2. The number of thiophene rings is 1. The average molecular weight is 245 g/mol. The summed E-state index contributed by atoms with van der Waals surface area (Å²) in [5.41, 5.74) is 1.10. The van der Waals surface area contributed by atoms with Gasteiger partial charge in [-0.3, -0.25) is 0 Å². The molecule has 0 aliphatic heterocycles. The third kappa shape index (κ3) is 2.11. The minimum Gasteiger partial charge on any atom is -0.347 e. The number of rotatable bonds is 3. The van der Waals surface area contributed by atoms with Crippen LogP contribution in [-0.4, -0.2) is 4.57 Å². The maximum absolute atomic E-state index is 13.0. The Morgan fingerprint density at radius 2 is 2.12 bits per heavy atom. The summed E-state index contributed by atoms with van der Waals surface area (Å²) in [5.74, 6) is -0.173. The van der Waals surface area contributed by atoms with Crippen LogP contribution in [0.3, 0.4) is 0 Å². The van der Waals surface area contributed by atoms with Crippen molar-refractivity contribution in [1.29, 1.82) is 0 Å². The normalized spacial score (nSPS) is 11.1.